The van der Waals surface area contributed by atoms with Crippen LogP contribution in [0.5, 0.6) is 0 Å². The van der Waals surface area contributed by atoms with Gasteiger partial charge in [0, 0.05) is 18.7 Å². The Balaban J connectivity index is 0.00000144. The minimum absolute atomic E-state index is 0. The molecule has 1 aromatic carbocycles. The molecule has 1 saturated heterocycles. The zero-order chi connectivity index (χ0) is 15.4. The molecular formula is C16H24Cl2N4O2. The third-order valence-corrected chi connectivity index (χ3v) is 3.80. The zero-order valence-corrected chi connectivity index (χ0v) is 15.3. The van der Waals surface area contributed by atoms with E-state index >= 15 is 0 Å². The smallest absolute Gasteiger partial charge is 0.243 e. The lowest BCUT2D eigenvalue weighted by atomic mass is 10.2. The molecule has 1 unspecified atom stereocenters. The monoisotopic (exact) mass is 374 g/mol. The maximum atomic E-state index is 12.2. The van der Waals surface area contributed by atoms with Crippen molar-refractivity contribution >= 4 is 47.4 Å². The zero-order valence-electron chi connectivity index (χ0n) is 13.6. The minimum atomic E-state index is -0.286. The highest BCUT2D eigenvalue weighted by atomic mass is 35.5. The second-order valence-electron chi connectivity index (χ2n) is 5.59. The molecular weight excluding hydrogens is 351 g/mol. The van der Waals surface area contributed by atoms with Gasteiger partial charge in [-0.1, -0.05) is 13.3 Å². The summed E-state index contributed by atoms with van der Waals surface area (Å²) in [4.78, 5) is 20.1. The molecule has 0 aliphatic carbocycles. The summed E-state index contributed by atoms with van der Waals surface area (Å²) in [5.74, 6) is 0.937. The van der Waals surface area contributed by atoms with Crippen molar-refractivity contribution < 1.29 is 9.53 Å². The van der Waals surface area contributed by atoms with Gasteiger partial charge in [-0.15, -0.1) is 24.8 Å². The number of rotatable bonds is 5. The lowest BCUT2D eigenvalue weighted by molar-refractivity contribution is -0.120. The van der Waals surface area contributed by atoms with E-state index in [0.29, 0.717) is 19.8 Å². The highest BCUT2D eigenvalue weighted by Crippen LogP contribution is 2.18. The summed E-state index contributed by atoms with van der Waals surface area (Å²) >= 11 is 0. The number of aromatic amines is 1. The van der Waals surface area contributed by atoms with Gasteiger partial charge in [0.2, 0.25) is 5.91 Å². The van der Waals surface area contributed by atoms with Crippen molar-refractivity contribution in [1.82, 2.24) is 15.3 Å². The fourth-order valence-corrected chi connectivity index (χ4v) is 2.57. The predicted octanol–water partition coefficient (Wildman–Crippen LogP) is 2.68. The van der Waals surface area contributed by atoms with Crippen molar-refractivity contribution in [1.29, 1.82) is 0 Å². The third kappa shape index (κ3) is 5.08. The first-order valence-electron chi connectivity index (χ1n) is 7.87. The summed E-state index contributed by atoms with van der Waals surface area (Å²) in [7, 11) is 0. The summed E-state index contributed by atoms with van der Waals surface area (Å²) in [6.07, 6.45) is 3.22. The molecule has 8 heteroatoms. The summed E-state index contributed by atoms with van der Waals surface area (Å²) < 4.78 is 5.31. The van der Waals surface area contributed by atoms with E-state index in [1.54, 1.807) is 0 Å². The van der Waals surface area contributed by atoms with Crippen molar-refractivity contribution in [3.63, 3.8) is 0 Å². The number of anilines is 1. The maximum absolute atomic E-state index is 12.2. The second-order valence-corrected chi connectivity index (χ2v) is 5.59. The first kappa shape index (κ1) is 20.7. The summed E-state index contributed by atoms with van der Waals surface area (Å²) in [6, 6.07) is 5.46. The molecule has 6 nitrogen and oxygen atoms in total. The van der Waals surface area contributed by atoms with Crippen LogP contribution in [0.1, 0.15) is 25.6 Å². The summed E-state index contributed by atoms with van der Waals surface area (Å²) in [5.41, 5.74) is 2.66. The van der Waals surface area contributed by atoms with Crippen LogP contribution in [0.15, 0.2) is 18.2 Å². The molecule has 2 heterocycles. The number of fused-ring (bicyclic) bond motifs is 1. The first-order chi connectivity index (χ1) is 10.8. The number of morpholine rings is 1. The molecule has 0 bridgehead atoms. The minimum Gasteiger partial charge on any atom is -0.378 e. The van der Waals surface area contributed by atoms with E-state index < -0.39 is 0 Å². The van der Waals surface area contributed by atoms with E-state index in [1.165, 1.54) is 0 Å². The first-order valence-corrected chi connectivity index (χ1v) is 7.87. The van der Waals surface area contributed by atoms with Crippen molar-refractivity contribution in [2.45, 2.75) is 32.2 Å². The fraction of sp³-hybridized carbons (Fsp3) is 0.500. The highest BCUT2D eigenvalue weighted by molar-refractivity contribution is 5.96. The van der Waals surface area contributed by atoms with E-state index in [9.17, 15) is 4.79 Å². The number of imidazole rings is 1. The van der Waals surface area contributed by atoms with Crippen LogP contribution in [0.4, 0.5) is 5.69 Å². The van der Waals surface area contributed by atoms with Gasteiger partial charge in [-0.2, -0.15) is 0 Å². The van der Waals surface area contributed by atoms with Crippen molar-refractivity contribution in [2.24, 2.45) is 0 Å². The topological polar surface area (TPSA) is 79.0 Å². The number of unbranched alkanes of at least 4 members (excludes halogenated alkanes) is 1. The lowest BCUT2D eigenvalue weighted by Crippen LogP contribution is -2.48. The van der Waals surface area contributed by atoms with Crippen molar-refractivity contribution in [3.05, 3.63) is 24.0 Å². The van der Waals surface area contributed by atoms with Gasteiger partial charge in [0.25, 0.3) is 0 Å². The summed E-state index contributed by atoms with van der Waals surface area (Å²) in [6.45, 7) is 3.95. The molecule has 134 valence electrons. The van der Waals surface area contributed by atoms with E-state index in [2.05, 4.69) is 27.5 Å². The molecule has 3 rings (SSSR count). The molecule has 3 N–H and O–H groups in total. The average Bonchev–Trinajstić information content (AvgIpc) is 2.95. The molecule has 0 spiro atoms. The van der Waals surface area contributed by atoms with Gasteiger partial charge < -0.3 is 20.4 Å². The van der Waals surface area contributed by atoms with E-state index in [4.69, 9.17) is 4.74 Å². The maximum Gasteiger partial charge on any atom is 0.243 e. The third-order valence-electron chi connectivity index (χ3n) is 3.80. The summed E-state index contributed by atoms with van der Waals surface area (Å²) in [5, 5.41) is 6.07. The van der Waals surface area contributed by atoms with Crippen molar-refractivity contribution in [2.75, 3.05) is 25.1 Å². The number of hydrogen-bond acceptors (Lipinski definition) is 4. The molecule has 1 aliphatic heterocycles. The molecule has 1 aromatic heterocycles. The number of carbonyl (C=O) groups excluding carboxylic acids is 1. The van der Waals surface area contributed by atoms with Gasteiger partial charge in [-0.25, -0.2) is 4.98 Å². The van der Waals surface area contributed by atoms with Gasteiger partial charge in [0.15, 0.2) is 0 Å². The number of aryl methyl sites for hydroxylation is 1. The van der Waals surface area contributed by atoms with Crippen LogP contribution >= 0.6 is 24.8 Å². The van der Waals surface area contributed by atoms with E-state index in [-0.39, 0.29) is 36.8 Å². The molecule has 0 radical (unpaired) electrons. The van der Waals surface area contributed by atoms with Crippen LogP contribution in [0.2, 0.25) is 0 Å². The van der Waals surface area contributed by atoms with Gasteiger partial charge in [0.05, 0.1) is 24.2 Å². The largest absolute Gasteiger partial charge is 0.378 e. The number of benzene rings is 1. The normalized spacial score (nSPS) is 17.0. The quantitative estimate of drug-likeness (QED) is 0.751. The number of nitrogens with zero attached hydrogens (tertiary/aromatic N) is 1. The Morgan fingerprint density at radius 3 is 2.96 bits per heavy atom. The Bertz CT molecular complexity index is 657. The predicted molar refractivity (Wildman–Crippen MR) is 100 cm³/mol. The molecule has 2 aromatic rings. The van der Waals surface area contributed by atoms with Crippen LogP contribution in [-0.4, -0.2) is 41.7 Å². The number of carbonyl (C=O) groups is 1. The SMILES string of the molecule is CCCCc1nc2ccc(NC(=O)C3COCCN3)cc2[nH]1.Cl.Cl. The molecule has 24 heavy (non-hydrogen) atoms. The van der Waals surface area contributed by atoms with Crippen molar-refractivity contribution in [3.8, 4) is 0 Å². The molecule has 1 atom stereocenters. The Labute approximate surface area is 154 Å². The van der Waals surface area contributed by atoms with E-state index in [1.807, 2.05) is 18.2 Å². The van der Waals surface area contributed by atoms with Gasteiger partial charge in [-0.05, 0) is 24.6 Å². The van der Waals surface area contributed by atoms with Crippen LogP contribution < -0.4 is 10.6 Å². The standard InChI is InChI=1S/C16H22N4O2.2ClH/c1-2-3-4-15-19-12-6-5-11(9-13(12)20-15)18-16(21)14-10-22-8-7-17-14;;/h5-6,9,14,17H,2-4,7-8,10H2,1H3,(H,18,21)(H,19,20);2*1H. The number of nitrogens with one attached hydrogen (secondary N) is 3. The van der Waals surface area contributed by atoms with Gasteiger partial charge >= 0.3 is 0 Å². The van der Waals surface area contributed by atoms with Crippen LogP contribution in [-0.2, 0) is 16.0 Å². The number of H-pyrrole nitrogens is 1. The molecule has 0 saturated carbocycles. The Kier molecular flexibility index (Phi) is 8.48. The lowest BCUT2D eigenvalue weighted by Gasteiger charge is -2.22. The number of ether oxygens (including phenoxy) is 1. The number of aromatic nitrogens is 2. The fourth-order valence-electron chi connectivity index (χ4n) is 2.57. The van der Waals surface area contributed by atoms with Gasteiger partial charge in [-0.3, -0.25) is 4.79 Å². The second kappa shape index (κ2) is 9.84. The molecule has 1 aliphatic rings. The molecule has 1 amide bonds. The van der Waals surface area contributed by atoms with Crippen LogP contribution in [0.3, 0.4) is 0 Å². The Morgan fingerprint density at radius 2 is 2.25 bits per heavy atom. The van der Waals surface area contributed by atoms with Crippen LogP contribution in [0.25, 0.3) is 11.0 Å². The number of halogens is 2. The van der Waals surface area contributed by atoms with Gasteiger partial charge in [0.1, 0.15) is 11.9 Å². The molecule has 1 fully saturated rings. The average molecular weight is 375 g/mol. The Hall–Kier alpha value is -1.34. The highest BCUT2D eigenvalue weighted by Gasteiger charge is 2.21. The van der Waals surface area contributed by atoms with Crippen LogP contribution in [0, 0.1) is 0 Å². The van der Waals surface area contributed by atoms with E-state index in [0.717, 1.165) is 41.8 Å². The Morgan fingerprint density at radius 1 is 1.42 bits per heavy atom. The number of amides is 1. The number of hydrogen-bond donors (Lipinski definition) is 3.